The van der Waals surface area contributed by atoms with Gasteiger partial charge in [-0.15, -0.1) is 0 Å². The first-order valence-electron chi connectivity index (χ1n) is 6.11. The van der Waals surface area contributed by atoms with E-state index in [1.807, 2.05) is 0 Å². The van der Waals surface area contributed by atoms with Gasteiger partial charge >= 0.3 is 6.18 Å². The molecule has 5 nitrogen and oxygen atoms in total. The summed E-state index contributed by atoms with van der Waals surface area (Å²) in [6, 6.07) is 2.77. The molecule has 0 bridgehead atoms. The number of likely N-dealkylation sites (N-methyl/N-ethyl adjacent to an activating group) is 1. The summed E-state index contributed by atoms with van der Waals surface area (Å²) < 4.78 is 42.9. The molecule has 0 radical (unpaired) electrons. The van der Waals surface area contributed by atoms with Crippen molar-refractivity contribution < 1.29 is 22.5 Å². The highest BCUT2D eigenvalue weighted by atomic mass is 35.5. The lowest BCUT2D eigenvalue weighted by Crippen LogP contribution is -2.28. The number of hydrogen-bond acceptors (Lipinski definition) is 4. The molecule has 0 aliphatic heterocycles. The first-order chi connectivity index (χ1) is 10.2. The van der Waals surface area contributed by atoms with E-state index in [1.54, 1.807) is 6.92 Å². The molecule has 118 valence electrons. The van der Waals surface area contributed by atoms with Crippen LogP contribution >= 0.6 is 11.6 Å². The lowest BCUT2D eigenvalue weighted by molar-refractivity contribution is -0.137. The van der Waals surface area contributed by atoms with E-state index in [2.05, 4.69) is 10.1 Å². The molecule has 1 heterocycles. The number of aromatic nitrogens is 2. The van der Waals surface area contributed by atoms with Crippen molar-refractivity contribution in [1.82, 2.24) is 10.1 Å². The van der Waals surface area contributed by atoms with Crippen LogP contribution in [0.1, 0.15) is 17.3 Å². The highest BCUT2D eigenvalue weighted by Gasteiger charge is 2.31. The van der Waals surface area contributed by atoms with Gasteiger partial charge < -0.3 is 9.42 Å². The number of amides is 1. The second-order valence-electron chi connectivity index (χ2n) is 4.52. The summed E-state index contributed by atoms with van der Waals surface area (Å²) in [6.07, 6.45) is -4.73. The maximum absolute atomic E-state index is 12.7. The number of carbonyl (C=O) groups is 1. The summed E-state index contributed by atoms with van der Waals surface area (Å²) in [5.41, 5.74) is -0.927. The van der Waals surface area contributed by atoms with Crippen molar-refractivity contribution in [3.8, 4) is 0 Å². The molecule has 9 heteroatoms. The lowest BCUT2D eigenvalue weighted by Gasteiger charge is -2.19. The van der Waals surface area contributed by atoms with Gasteiger partial charge in [-0.25, -0.2) is 0 Å². The van der Waals surface area contributed by atoms with Crippen LogP contribution in [0, 0.1) is 6.92 Å². The van der Waals surface area contributed by atoms with Crippen LogP contribution in [0.4, 0.5) is 18.9 Å². The quantitative estimate of drug-likeness (QED) is 0.865. The lowest BCUT2D eigenvalue weighted by atomic mass is 10.1. The fourth-order valence-corrected chi connectivity index (χ4v) is 1.99. The number of alkyl halides is 3. The van der Waals surface area contributed by atoms with Gasteiger partial charge in [0.15, 0.2) is 5.82 Å². The average Bonchev–Trinajstić information content (AvgIpc) is 2.82. The van der Waals surface area contributed by atoms with E-state index in [9.17, 15) is 18.0 Å². The van der Waals surface area contributed by atoms with E-state index in [-0.39, 0.29) is 23.0 Å². The van der Waals surface area contributed by atoms with Gasteiger partial charge in [0.05, 0.1) is 22.7 Å². The Morgan fingerprint density at radius 3 is 2.64 bits per heavy atom. The molecular formula is C13H11ClF3N3O2. The van der Waals surface area contributed by atoms with Crippen LogP contribution in [0.25, 0.3) is 0 Å². The Kier molecular flexibility index (Phi) is 4.41. The predicted octanol–water partition coefficient (Wildman–Crippen LogP) is 3.26. The van der Waals surface area contributed by atoms with Gasteiger partial charge in [0.1, 0.15) is 0 Å². The van der Waals surface area contributed by atoms with Crippen LogP contribution < -0.4 is 4.90 Å². The normalized spacial score (nSPS) is 11.5. The Bertz CT molecular complexity index is 700. The molecule has 0 atom stereocenters. The van der Waals surface area contributed by atoms with Crippen molar-refractivity contribution >= 4 is 23.2 Å². The summed E-state index contributed by atoms with van der Waals surface area (Å²) in [7, 11) is 1.33. The first kappa shape index (κ1) is 16.3. The molecule has 1 aromatic carbocycles. The summed E-state index contributed by atoms with van der Waals surface area (Å²) >= 11 is 5.88. The Morgan fingerprint density at radius 1 is 1.41 bits per heavy atom. The van der Waals surface area contributed by atoms with Crippen molar-refractivity contribution in [3.63, 3.8) is 0 Å². The smallest absolute Gasteiger partial charge is 0.340 e. The van der Waals surface area contributed by atoms with E-state index in [1.165, 1.54) is 7.05 Å². The maximum Gasteiger partial charge on any atom is 0.416 e. The van der Waals surface area contributed by atoms with Crippen molar-refractivity contribution in [1.29, 1.82) is 0 Å². The zero-order valence-electron chi connectivity index (χ0n) is 11.6. The third-order valence-corrected chi connectivity index (χ3v) is 3.21. The number of halogens is 4. The molecule has 22 heavy (non-hydrogen) atoms. The van der Waals surface area contributed by atoms with Crippen LogP contribution in [-0.2, 0) is 17.4 Å². The number of benzene rings is 1. The molecule has 0 saturated carbocycles. The summed E-state index contributed by atoms with van der Waals surface area (Å²) in [5, 5.41) is 3.60. The molecule has 0 spiro atoms. The van der Waals surface area contributed by atoms with Crippen molar-refractivity contribution in [2.24, 2.45) is 0 Å². The van der Waals surface area contributed by atoms with Gasteiger partial charge in [-0.3, -0.25) is 4.79 Å². The molecule has 1 aromatic heterocycles. The zero-order chi connectivity index (χ0) is 16.5. The Balaban J connectivity index is 2.24. The molecule has 0 N–H and O–H groups in total. The van der Waals surface area contributed by atoms with Gasteiger partial charge in [-0.2, -0.15) is 18.2 Å². The summed E-state index contributed by atoms with van der Waals surface area (Å²) in [4.78, 5) is 17.0. The summed E-state index contributed by atoms with van der Waals surface area (Å²) in [6.45, 7) is 1.56. The molecule has 0 saturated heterocycles. The van der Waals surface area contributed by atoms with Crippen LogP contribution in [0.2, 0.25) is 5.02 Å². The molecule has 0 unspecified atom stereocenters. The number of aryl methyl sites for hydroxylation is 1. The highest BCUT2D eigenvalue weighted by molar-refractivity contribution is 6.33. The highest BCUT2D eigenvalue weighted by Crippen LogP contribution is 2.35. The van der Waals surface area contributed by atoms with Gasteiger partial charge in [-0.05, 0) is 18.2 Å². The topological polar surface area (TPSA) is 59.2 Å². The molecule has 2 aromatic rings. The minimum absolute atomic E-state index is 0.0353. The van der Waals surface area contributed by atoms with E-state index in [4.69, 9.17) is 16.1 Å². The molecule has 0 aliphatic carbocycles. The third kappa shape index (κ3) is 3.56. The summed E-state index contributed by atoms with van der Waals surface area (Å²) in [5.74, 6) is -0.0676. The predicted molar refractivity (Wildman–Crippen MR) is 72.6 cm³/mol. The van der Waals surface area contributed by atoms with Crippen LogP contribution in [-0.4, -0.2) is 23.1 Å². The maximum atomic E-state index is 12.7. The van der Waals surface area contributed by atoms with Crippen molar-refractivity contribution in [3.05, 3.63) is 40.5 Å². The van der Waals surface area contributed by atoms with E-state index < -0.39 is 17.6 Å². The molecule has 1 amide bonds. The number of anilines is 1. The fourth-order valence-electron chi connectivity index (χ4n) is 1.75. The standard InChI is InChI=1S/C13H11ClF3N3O2/c1-7-18-11(19-22-7)6-12(21)20(2)10-5-8(13(15,16)17)3-4-9(10)14/h3-5H,6H2,1-2H3. The molecule has 2 rings (SSSR count). The number of hydrogen-bond donors (Lipinski definition) is 0. The second-order valence-corrected chi connectivity index (χ2v) is 4.93. The Morgan fingerprint density at radius 2 is 2.09 bits per heavy atom. The third-order valence-electron chi connectivity index (χ3n) is 2.89. The van der Waals surface area contributed by atoms with Gasteiger partial charge in [0, 0.05) is 14.0 Å². The first-order valence-corrected chi connectivity index (χ1v) is 6.49. The number of nitrogens with zero attached hydrogens (tertiary/aromatic N) is 3. The molecule has 0 aliphatic rings. The Hall–Kier alpha value is -2.09. The fraction of sp³-hybridized carbons (Fsp3) is 0.308. The molecule has 0 fully saturated rings. The van der Waals surface area contributed by atoms with Crippen LogP contribution in [0.5, 0.6) is 0 Å². The monoisotopic (exact) mass is 333 g/mol. The van der Waals surface area contributed by atoms with Gasteiger partial charge in [0.25, 0.3) is 0 Å². The minimum atomic E-state index is -4.52. The van der Waals surface area contributed by atoms with Crippen molar-refractivity contribution in [2.45, 2.75) is 19.5 Å². The largest absolute Gasteiger partial charge is 0.416 e. The second kappa shape index (κ2) is 5.96. The van der Waals surface area contributed by atoms with Crippen LogP contribution in [0.15, 0.2) is 22.7 Å². The van der Waals surface area contributed by atoms with Gasteiger partial charge in [-0.1, -0.05) is 16.8 Å². The van der Waals surface area contributed by atoms with Crippen molar-refractivity contribution in [2.75, 3.05) is 11.9 Å². The Labute approximate surface area is 128 Å². The average molecular weight is 334 g/mol. The minimum Gasteiger partial charge on any atom is -0.340 e. The van der Waals surface area contributed by atoms with E-state index >= 15 is 0 Å². The number of rotatable bonds is 3. The molecular weight excluding hydrogens is 323 g/mol. The SMILES string of the molecule is Cc1nc(CC(=O)N(C)c2cc(C(F)(F)F)ccc2Cl)no1. The van der Waals surface area contributed by atoms with Crippen LogP contribution in [0.3, 0.4) is 0 Å². The number of carbonyl (C=O) groups excluding carboxylic acids is 1. The van der Waals surface area contributed by atoms with E-state index in [0.717, 1.165) is 23.1 Å². The van der Waals surface area contributed by atoms with E-state index in [0.29, 0.717) is 5.89 Å². The zero-order valence-corrected chi connectivity index (χ0v) is 12.4. The van der Waals surface area contributed by atoms with Gasteiger partial charge in [0.2, 0.25) is 11.8 Å².